The molecule has 6 N–H and O–H groups in total. The fraction of sp³-hybridized carbons (Fsp3) is 0.520. The molecule has 3 heterocycles. The Bertz CT molecular complexity index is 1190. The van der Waals surface area contributed by atoms with Gasteiger partial charge in [0.25, 0.3) is 5.91 Å². The smallest absolute Gasteiger partial charge is 0.350 e. The van der Waals surface area contributed by atoms with Crippen LogP contribution in [0, 0.1) is 5.41 Å². The zero-order valence-corrected chi connectivity index (χ0v) is 21.2. The van der Waals surface area contributed by atoms with Gasteiger partial charge in [-0.15, -0.1) is 0 Å². The maximum Gasteiger partial charge on any atom is 0.350 e. The minimum absolute atomic E-state index is 0.0147. The van der Waals surface area contributed by atoms with Crippen LogP contribution in [0.4, 0.5) is 11.5 Å². The zero-order chi connectivity index (χ0) is 25.9. The number of anilines is 2. The first kappa shape index (κ1) is 25.5. The summed E-state index contributed by atoms with van der Waals surface area (Å²) in [6.07, 6.45) is 4.32. The Morgan fingerprint density at radius 3 is 2.69 bits per heavy atom. The van der Waals surface area contributed by atoms with Crippen LogP contribution < -0.4 is 32.5 Å². The van der Waals surface area contributed by atoms with E-state index < -0.39 is 0 Å². The number of carbonyl (C=O) groups is 1. The second kappa shape index (κ2) is 10.6. The highest BCUT2D eigenvalue weighted by Gasteiger charge is 2.26. The van der Waals surface area contributed by atoms with E-state index in [0.717, 1.165) is 38.9 Å². The van der Waals surface area contributed by atoms with E-state index in [1.165, 1.54) is 0 Å². The van der Waals surface area contributed by atoms with Crippen LogP contribution in [0.1, 0.15) is 56.4 Å². The second-order valence-corrected chi connectivity index (χ2v) is 10.6. The number of hydrogen-bond acceptors (Lipinski definition) is 7. The summed E-state index contributed by atoms with van der Waals surface area (Å²) in [7, 11) is 0. The van der Waals surface area contributed by atoms with Crippen molar-refractivity contribution in [2.24, 2.45) is 21.9 Å². The third kappa shape index (κ3) is 6.34. The highest BCUT2D eigenvalue weighted by molar-refractivity contribution is 5.96. The number of benzene rings is 1. The molecule has 0 saturated carbocycles. The summed E-state index contributed by atoms with van der Waals surface area (Å²) in [5, 5.41) is 6.10. The van der Waals surface area contributed by atoms with Gasteiger partial charge < -0.3 is 31.7 Å². The van der Waals surface area contributed by atoms with E-state index >= 15 is 0 Å². The van der Waals surface area contributed by atoms with Gasteiger partial charge in [-0.05, 0) is 49.4 Å². The number of nitrogens with one attached hydrogen (secondary N) is 2. The summed E-state index contributed by atoms with van der Waals surface area (Å²) < 4.78 is 7.74. The first-order valence-electron chi connectivity index (χ1n) is 12.4. The largest absolute Gasteiger partial charge is 0.450 e. The van der Waals surface area contributed by atoms with Gasteiger partial charge in [-0.1, -0.05) is 20.8 Å². The average Bonchev–Trinajstić information content (AvgIpc) is 2.83. The van der Waals surface area contributed by atoms with Crippen molar-refractivity contribution < 1.29 is 9.53 Å². The molecule has 0 spiro atoms. The Kier molecular flexibility index (Phi) is 7.48. The molecule has 0 radical (unpaired) electrons. The number of fused-ring (bicyclic) bond motifs is 2. The maximum atomic E-state index is 12.9. The van der Waals surface area contributed by atoms with Crippen LogP contribution in [0.25, 0.3) is 0 Å². The number of rotatable bonds is 7. The Balaban J connectivity index is 1.39. The first-order chi connectivity index (χ1) is 17.1. The van der Waals surface area contributed by atoms with Crippen LogP contribution in [0.3, 0.4) is 0 Å². The summed E-state index contributed by atoms with van der Waals surface area (Å²) in [4.78, 5) is 36.0. The van der Waals surface area contributed by atoms with E-state index in [1.54, 1.807) is 29.0 Å². The van der Waals surface area contributed by atoms with Crippen molar-refractivity contribution in [3.63, 3.8) is 0 Å². The third-order valence-electron chi connectivity index (χ3n) is 6.29. The number of piperidine rings is 1. The number of nitrogens with zero attached hydrogens (tertiary/aromatic N) is 4. The third-order valence-corrected chi connectivity index (χ3v) is 6.29. The van der Waals surface area contributed by atoms with Gasteiger partial charge in [0.05, 0.1) is 11.9 Å². The molecular formula is C25H36N8O3. The predicted octanol–water partition coefficient (Wildman–Crippen LogP) is 2.17. The van der Waals surface area contributed by atoms with Crippen LogP contribution in [-0.4, -0.2) is 59.0 Å². The summed E-state index contributed by atoms with van der Waals surface area (Å²) in [5.41, 5.74) is 11.5. The zero-order valence-electron chi connectivity index (χ0n) is 21.2. The van der Waals surface area contributed by atoms with Crippen LogP contribution in [0.2, 0.25) is 0 Å². The van der Waals surface area contributed by atoms with E-state index in [4.69, 9.17) is 16.2 Å². The van der Waals surface area contributed by atoms with Gasteiger partial charge >= 0.3 is 5.69 Å². The van der Waals surface area contributed by atoms with E-state index in [0.29, 0.717) is 41.7 Å². The highest BCUT2D eigenvalue weighted by Crippen LogP contribution is 2.41. The molecule has 11 nitrogen and oxygen atoms in total. The van der Waals surface area contributed by atoms with E-state index in [1.807, 2.05) is 0 Å². The van der Waals surface area contributed by atoms with Crippen LogP contribution >= 0.6 is 0 Å². The SMILES string of the molecule is CC(C)(C)CNC(=O)c1ccc2c(c1)Nc1nc(=O)n(C3CCN(CCCN=C(N)N)CC3)cc1O2. The number of aliphatic imine (C=N–C) groups is 1. The quantitative estimate of drug-likeness (QED) is 0.221. The number of amides is 1. The van der Waals surface area contributed by atoms with Gasteiger partial charge in [-0.3, -0.25) is 14.4 Å². The maximum absolute atomic E-state index is 12.9. The Morgan fingerprint density at radius 2 is 2.00 bits per heavy atom. The van der Waals surface area contributed by atoms with E-state index in [-0.39, 0.29) is 29.0 Å². The van der Waals surface area contributed by atoms with Crippen LogP contribution in [0.15, 0.2) is 34.2 Å². The molecule has 0 bridgehead atoms. The molecule has 1 fully saturated rings. The molecular weight excluding hydrogens is 460 g/mol. The Labute approximate surface area is 210 Å². The van der Waals surface area contributed by atoms with Crippen molar-refractivity contribution >= 4 is 23.4 Å². The normalized spacial score (nSPS) is 15.8. The average molecular weight is 497 g/mol. The van der Waals surface area contributed by atoms with Crippen molar-refractivity contribution in [1.82, 2.24) is 19.8 Å². The van der Waals surface area contributed by atoms with E-state index in [9.17, 15) is 9.59 Å². The van der Waals surface area contributed by atoms with Crippen LogP contribution in [-0.2, 0) is 0 Å². The van der Waals surface area contributed by atoms with Gasteiger partial charge in [-0.2, -0.15) is 4.98 Å². The first-order valence-corrected chi connectivity index (χ1v) is 12.4. The lowest BCUT2D eigenvalue weighted by Crippen LogP contribution is -2.38. The molecule has 1 aromatic carbocycles. The summed E-state index contributed by atoms with van der Waals surface area (Å²) in [5.74, 6) is 1.39. The fourth-order valence-electron chi connectivity index (χ4n) is 4.35. The molecule has 1 amide bonds. The monoisotopic (exact) mass is 496 g/mol. The van der Waals surface area contributed by atoms with Gasteiger partial charge in [0.15, 0.2) is 23.3 Å². The van der Waals surface area contributed by atoms with Crippen molar-refractivity contribution in [3.8, 4) is 11.5 Å². The second-order valence-electron chi connectivity index (χ2n) is 10.6. The fourth-order valence-corrected chi connectivity index (χ4v) is 4.35. The molecule has 0 atom stereocenters. The lowest BCUT2D eigenvalue weighted by atomic mass is 9.97. The molecule has 1 saturated heterocycles. The van der Waals surface area contributed by atoms with E-state index in [2.05, 4.69) is 46.3 Å². The number of guanidine groups is 1. The van der Waals surface area contributed by atoms with Crippen LogP contribution in [0.5, 0.6) is 11.5 Å². The molecule has 2 aliphatic heterocycles. The number of hydrogen-bond donors (Lipinski definition) is 4. The lowest BCUT2D eigenvalue weighted by molar-refractivity contribution is 0.0939. The molecule has 2 aromatic rings. The topological polar surface area (TPSA) is 153 Å². The summed E-state index contributed by atoms with van der Waals surface area (Å²) in [6, 6.07) is 5.26. The molecule has 0 aliphatic carbocycles. The Morgan fingerprint density at radius 1 is 1.25 bits per heavy atom. The molecule has 11 heteroatoms. The van der Waals surface area contributed by atoms with Crippen molar-refractivity contribution in [1.29, 1.82) is 0 Å². The summed E-state index contributed by atoms with van der Waals surface area (Å²) in [6.45, 7) is 10.1. The molecule has 36 heavy (non-hydrogen) atoms. The minimum atomic E-state index is -0.321. The lowest BCUT2D eigenvalue weighted by Gasteiger charge is -2.33. The van der Waals surface area contributed by atoms with Crippen molar-refractivity contribution in [2.75, 3.05) is 38.0 Å². The number of carbonyl (C=O) groups excluding carboxylic acids is 1. The number of nitrogens with two attached hydrogens (primary N) is 2. The van der Waals surface area contributed by atoms with Gasteiger partial charge in [0.1, 0.15) is 0 Å². The van der Waals surface area contributed by atoms with Gasteiger partial charge in [0.2, 0.25) is 0 Å². The Hall–Kier alpha value is -3.60. The van der Waals surface area contributed by atoms with Gasteiger partial charge in [-0.25, -0.2) is 4.79 Å². The number of ether oxygens (including phenoxy) is 1. The standard InChI is InChI=1S/C25H36N8O3/c1-25(2,3)15-29-22(34)16-5-6-19-18(13-16)30-21-20(36-19)14-33(24(35)31-21)17-7-11-32(12-8-17)10-4-9-28-23(26)27/h5-6,13-14,17H,4,7-12,15H2,1-3H3,(H,29,34)(H4,26,27,28)(H,30,31,35). The van der Waals surface area contributed by atoms with Gasteiger partial charge in [0, 0.05) is 37.8 Å². The molecule has 0 unspecified atom stereocenters. The minimum Gasteiger partial charge on any atom is -0.450 e. The number of likely N-dealkylation sites (tertiary alicyclic amines) is 1. The number of aromatic nitrogens is 2. The van der Waals surface area contributed by atoms with Crippen molar-refractivity contribution in [3.05, 3.63) is 40.4 Å². The molecule has 194 valence electrons. The molecule has 1 aromatic heterocycles. The van der Waals surface area contributed by atoms with Crippen molar-refractivity contribution in [2.45, 2.75) is 46.1 Å². The predicted molar refractivity (Wildman–Crippen MR) is 140 cm³/mol. The highest BCUT2D eigenvalue weighted by atomic mass is 16.5. The molecule has 2 aliphatic rings. The molecule has 4 rings (SSSR count). The summed E-state index contributed by atoms with van der Waals surface area (Å²) >= 11 is 0.